The summed E-state index contributed by atoms with van der Waals surface area (Å²) < 4.78 is 11.9. The lowest BCUT2D eigenvalue weighted by Crippen LogP contribution is -2.29. The van der Waals surface area contributed by atoms with Crippen LogP contribution >= 0.6 is 11.6 Å². The van der Waals surface area contributed by atoms with Crippen LogP contribution in [0.1, 0.15) is 23.9 Å². The summed E-state index contributed by atoms with van der Waals surface area (Å²) in [7, 11) is 3.33. The number of hydrogen-bond donors (Lipinski definition) is 1. The van der Waals surface area contributed by atoms with Crippen molar-refractivity contribution >= 4 is 35.2 Å². The van der Waals surface area contributed by atoms with Crippen molar-refractivity contribution in [3.63, 3.8) is 0 Å². The number of amides is 1. The molecule has 7 nitrogen and oxygen atoms in total. The first-order valence-electron chi connectivity index (χ1n) is 8.26. The van der Waals surface area contributed by atoms with Crippen LogP contribution < -0.4 is 10.1 Å². The first-order valence-corrected chi connectivity index (χ1v) is 8.64. The Balaban J connectivity index is 1.96. The Kier molecular flexibility index (Phi) is 6.63. The molecular formula is C19H22ClN3O4. The van der Waals surface area contributed by atoms with Crippen molar-refractivity contribution in [3.8, 4) is 5.75 Å². The summed E-state index contributed by atoms with van der Waals surface area (Å²) >= 11 is 6.03. The van der Waals surface area contributed by atoms with E-state index in [4.69, 9.17) is 21.1 Å². The topological polar surface area (TPSA) is 82.4 Å². The molecule has 0 unspecified atom stereocenters. The molecule has 1 heterocycles. The number of esters is 1. The van der Waals surface area contributed by atoms with Gasteiger partial charge in [0.2, 0.25) is 0 Å². The van der Waals surface area contributed by atoms with E-state index >= 15 is 0 Å². The number of aryl methyl sites for hydroxylation is 2. The van der Waals surface area contributed by atoms with E-state index in [2.05, 4.69) is 10.4 Å². The summed E-state index contributed by atoms with van der Waals surface area (Å²) in [6.45, 7) is 5.25. The second kappa shape index (κ2) is 8.73. The summed E-state index contributed by atoms with van der Waals surface area (Å²) in [5.41, 5.74) is 3.06. The highest BCUT2D eigenvalue weighted by atomic mass is 35.5. The zero-order valence-electron chi connectivity index (χ0n) is 15.9. The van der Waals surface area contributed by atoms with E-state index in [1.54, 1.807) is 29.0 Å². The number of carbonyl (C=O) groups is 2. The van der Waals surface area contributed by atoms with Gasteiger partial charge in [-0.15, -0.1) is 0 Å². The molecule has 0 saturated heterocycles. The Bertz CT molecular complexity index is 889. The van der Waals surface area contributed by atoms with E-state index in [0.717, 1.165) is 17.0 Å². The van der Waals surface area contributed by atoms with Gasteiger partial charge in [0.05, 0.1) is 17.8 Å². The van der Waals surface area contributed by atoms with Gasteiger partial charge in [0, 0.05) is 30.1 Å². The number of rotatable bonds is 6. The summed E-state index contributed by atoms with van der Waals surface area (Å²) in [6.07, 6.45) is 1.94. The summed E-state index contributed by atoms with van der Waals surface area (Å²) in [4.78, 5) is 24.2. The van der Waals surface area contributed by atoms with Gasteiger partial charge in [-0.25, -0.2) is 4.79 Å². The first kappa shape index (κ1) is 20.5. The van der Waals surface area contributed by atoms with Crippen LogP contribution in [0.3, 0.4) is 0 Å². The average molecular weight is 392 g/mol. The molecular weight excluding hydrogens is 370 g/mol. The minimum atomic E-state index is -0.973. The Hall–Kier alpha value is -2.80. The van der Waals surface area contributed by atoms with Gasteiger partial charge in [-0.05, 0) is 45.0 Å². The van der Waals surface area contributed by atoms with E-state index in [-0.39, 0.29) is 0 Å². The number of carbonyl (C=O) groups excluding carboxylic acids is 2. The van der Waals surface area contributed by atoms with Crippen LogP contribution in [0.15, 0.2) is 24.3 Å². The molecule has 27 heavy (non-hydrogen) atoms. The van der Waals surface area contributed by atoms with E-state index in [0.29, 0.717) is 16.5 Å². The van der Waals surface area contributed by atoms with E-state index in [1.807, 2.05) is 20.9 Å². The molecule has 0 saturated carbocycles. The van der Waals surface area contributed by atoms with Gasteiger partial charge in [0.15, 0.2) is 6.10 Å². The maximum atomic E-state index is 12.2. The molecule has 0 radical (unpaired) electrons. The second-order valence-corrected chi connectivity index (χ2v) is 6.37. The third-order valence-corrected chi connectivity index (χ3v) is 4.33. The molecule has 1 aromatic carbocycles. The van der Waals surface area contributed by atoms with Crippen molar-refractivity contribution in [1.82, 2.24) is 9.78 Å². The van der Waals surface area contributed by atoms with Crippen molar-refractivity contribution in [2.45, 2.75) is 26.9 Å². The fraction of sp³-hybridized carbons (Fsp3) is 0.316. The van der Waals surface area contributed by atoms with Gasteiger partial charge in [-0.1, -0.05) is 11.6 Å². The Morgan fingerprint density at radius 2 is 2.04 bits per heavy atom. The zero-order chi connectivity index (χ0) is 20.1. The average Bonchev–Trinajstić information content (AvgIpc) is 2.85. The van der Waals surface area contributed by atoms with Crippen molar-refractivity contribution in [2.24, 2.45) is 7.05 Å². The van der Waals surface area contributed by atoms with E-state index in [9.17, 15) is 9.59 Å². The number of nitrogens with zero attached hydrogens (tertiary/aromatic N) is 2. The molecule has 2 aromatic rings. The number of hydrogen-bond acceptors (Lipinski definition) is 5. The number of benzene rings is 1. The quantitative estimate of drug-likeness (QED) is 0.603. The fourth-order valence-corrected chi connectivity index (χ4v) is 2.70. The molecule has 1 N–H and O–H groups in total. The second-order valence-electron chi connectivity index (χ2n) is 5.96. The molecule has 0 aliphatic rings. The highest BCUT2D eigenvalue weighted by Gasteiger charge is 2.17. The molecule has 8 heteroatoms. The summed E-state index contributed by atoms with van der Waals surface area (Å²) in [5.74, 6) is -0.583. The van der Waals surface area contributed by atoms with Crippen LogP contribution in [0.25, 0.3) is 6.08 Å². The highest BCUT2D eigenvalue weighted by Crippen LogP contribution is 2.27. The SMILES string of the molecule is COc1ccc(NC(=O)[C@@H](C)OC(=O)/C=C/c2c(C)nn(C)c2C)cc1Cl. The standard InChI is InChI=1S/C19H22ClN3O4/c1-11-15(12(2)23(4)22-11)7-9-18(24)27-13(3)19(25)21-14-6-8-17(26-5)16(20)10-14/h6-10,13H,1-5H3,(H,21,25)/b9-7+/t13-/m1/s1. The molecule has 1 amide bonds. The third kappa shape index (κ3) is 5.10. The molecule has 0 fully saturated rings. The van der Waals surface area contributed by atoms with Crippen LogP contribution in [0, 0.1) is 13.8 Å². The molecule has 0 aliphatic heterocycles. The van der Waals surface area contributed by atoms with Crippen molar-refractivity contribution in [1.29, 1.82) is 0 Å². The van der Waals surface area contributed by atoms with Gasteiger partial charge in [-0.2, -0.15) is 5.10 Å². The zero-order valence-corrected chi connectivity index (χ0v) is 16.6. The number of nitrogens with one attached hydrogen (secondary N) is 1. The highest BCUT2D eigenvalue weighted by molar-refractivity contribution is 6.32. The van der Waals surface area contributed by atoms with E-state index in [1.165, 1.54) is 20.1 Å². The number of ether oxygens (including phenoxy) is 2. The predicted molar refractivity (Wildman–Crippen MR) is 104 cm³/mol. The van der Waals surface area contributed by atoms with Crippen LogP contribution in [0.5, 0.6) is 5.75 Å². The van der Waals surface area contributed by atoms with Gasteiger partial charge in [-0.3, -0.25) is 9.48 Å². The van der Waals surface area contributed by atoms with Crippen LogP contribution in [-0.4, -0.2) is 34.9 Å². The smallest absolute Gasteiger partial charge is 0.331 e. The van der Waals surface area contributed by atoms with Gasteiger partial charge in [0.1, 0.15) is 5.75 Å². The molecule has 2 rings (SSSR count). The number of anilines is 1. The minimum Gasteiger partial charge on any atom is -0.495 e. The van der Waals surface area contributed by atoms with Crippen molar-refractivity contribution in [3.05, 3.63) is 46.2 Å². The molecule has 0 spiro atoms. The lowest BCUT2D eigenvalue weighted by atomic mass is 10.2. The number of aromatic nitrogens is 2. The lowest BCUT2D eigenvalue weighted by molar-refractivity contribution is -0.148. The first-order chi connectivity index (χ1) is 12.7. The summed E-state index contributed by atoms with van der Waals surface area (Å²) in [5, 5.41) is 7.28. The monoisotopic (exact) mass is 391 g/mol. The van der Waals surface area contributed by atoms with Crippen molar-refractivity contribution < 1.29 is 19.1 Å². The maximum absolute atomic E-state index is 12.2. The van der Waals surface area contributed by atoms with Crippen LogP contribution in [-0.2, 0) is 21.4 Å². The van der Waals surface area contributed by atoms with Gasteiger partial charge >= 0.3 is 5.97 Å². The number of halogens is 1. The van der Waals surface area contributed by atoms with Crippen LogP contribution in [0.4, 0.5) is 5.69 Å². The summed E-state index contributed by atoms with van der Waals surface area (Å²) in [6, 6.07) is 4.83. The Labute approximate surface area is 162 Å². The van der Waals surface area contributed by atoms with Crippen molar-refractivity contribution in [2.75, 3.05) is 12.4 Å². The largest absolute Gasteiger partial charge is 0.495 e. The minimum absolute atomic E-state index is 0.366. The molecule has 144 valence electrons. The number of methoxy groups -OCH3 is 1. The predicted octanol–water partition coefficient (Wildman–Crippen LogP) is 3.28. The normalized spacial score (nSPS) is 12.1. The Morgan fingerprint density at radius 3 is 2.59 bits per heavy atom. The molecule has 1 atom stereocenters. The van der Waals surface area contributed by atoms with Gasteiger partial charge < -0.3 is 14.8 Å². The molecule has 1 aromatic heterocycles. The lowest BCUT2D eigenvalue weighted by Gasteiger charge is -2.13. The molecule has 0 aliphatic carbocycles. The van der Waals surface area contributed by atoms with Gasteiger partial charge in [0.25, 0.3) is 5.91 Å². The van der Waals surface area contributed by atoms with E-state index < -0.39 is 18.0 Å². The maximum Gasteiger partial charge on any atom is 0.331 e. The fourth-order valence-electron chi connectivity index (χ4n) is 2.44. The Morgan fingerprint density at radius 1 is 1.33 bits per heavy atom. The molecule has 0 bridgehead atoms. The third-order valence-electron chi connectivity index (χ3n) is 4.03. The van der Waals surface area contributed by atoms with Crippen LogP contribution in [0.2, 0.25) is 5.02 Å².